The number of carbonyl (C=O) groups is 2. The highest BCUT2D eigenvalue weighted by Gasteiger charge is 2.10. The Morgan fingerprint density at radius 2 is 1.82 bits per heavy atom. The molecule has 0 atom stereocenters. The second-order valence-electron chi connectivity index (χ2n) is 4.72. The fraction of sp³-hybridized carbons (Fsp3) is 0.176. The minimum atomic E-state index is -0.527. The van der Waals surface area contributed by atoms with Crippen LogP contribution >= 0.6 is 0 Å². The lowest BCUT2D eigenvalue weighted by Crippen LogP contribution is -2.20. The highest BCUT2D eigenvalue weighted by molar-refractivity contribution is 5.95. The molecular weight excluding hydrogens is 282 g/mol. The summed E-state index contributed by atoms with van der Waals surface area (Å²) in [5.41, 5.74) is 2.04. The summed E-state index contributed by atoms with van der Waals surface area (Å²) < 4.78 is 10.0. The molecule has 0 aromatic heterocycles. The number of rotatable bonds is 5. The zero-order valence-corrected chi connectivity index (χ0v) is 12.5. The predicted octanol–water partition coefficient (Wildman–Crippen LogP) is 2.80. The zero-order chi connectivity index (χ0) is 15.9. The van der Waals surface area contributed by atoms with E-state index < -0.39 is 11.9 Å². The van der Waals surface area contributed by atoms with E-state index in [0.717, 1.165) is 5.56 Å². The van der Waals surface area contributed by atoms with Crippen LogP contribution in [0.25, 0.3) is 0 Å². The summed E-state index contributed by atoms with van der Waals surface area (Å²) in [5.74, 6) is -0.302. The number of methoxy groups -OCH3 is 1. The normalized spacial score (nSPS) is 9.91. The van der Waals surface area contributed by atoms with Crippen LogP contribution < -0.4 is 10.1 Å². The third-order valence-electron chi connectivity index (χ3n) is 2.98. The monoisotopic (exact) mass is 299 g/mol. The van der Waals surface area contributed by atoms with E-state index in [9.17, 15) is 9.59 Å². The van der Waals surface area contributed by atoms with Gasteiger partial charge >= 0.3 is 5.97 Å². The SMILES string of the molecule is COc1cccc(NC(=O)COC(=O)c2ccc(C)cc2)c1. The van der Waals surface area contributed by atoms with E-state index >= 15 is 0 Å². The van der Waals surface area contributed by atoms with Gasteiger partial charge in [0.2, 0.25) is 0 Å². The molecule has 0 bridgehead atoms. The number of carbonyl (C=O) groups excluding carboxylic acids is 2. The molecule has 114 valence electrons. The van der Waals surface area contributed by atoms with E-state index in [-0.39, 0.29) is 6.61 Å². The second-order valence-corrected chi connectivity index (χ2v) is 4.72. The van der Waals surface area contributed by atoms with Crippen molar-refractivity contribution in [1.29, 1.82) is 0 Å². The quantitative estimate of drug-likeness (QED) is 0.862. The Labute approximate surface area is 128 Å². The maximum atomic E-state index is 11.8. The molecule has 5 nitrogen and oxygen atoms in total. The van der Waals surface area contributed by atoms with Crippen molar-refractivity contribution in [2.45, 2.75) is 6.92 Å². The number of aryl methyl sites for hydroxylation is 1. The summed E-state index contributed by atoms with van der Waals surface area (Å²) in [7, 11) is 1.55. The van der Waals surface area contributed by atoms with Crippen molar-refractivity contribution < 1.29 is 19.1 Å². The van der Waals surface area contributed by atoms with Crippen LogP contribution in [0.2, 0.25) is 0 Å². The van der Waals surface area contributed by atoms with Gasteiger partial charge in [-0.2, -0.15) is 0 Å². The van der Waals surface area contributed by atoms with E-state index in [0.29, 0.717) is 17.0 Å². The third-order valence-corrected chi connectivity index (χ3v) is 2.98. The van der Waals surface area contributed by atoms with Crippen molar-refractivity contribution in [3.05, 3.63) is 59.7 Å². The molecule has 0 saturated heterocycles. The van der Waals surface area contributed by atoms with Gasteiger partial charge in [-0.25, -0.2) is 4.79 Å². The van der Waals surface area contributed by atoms with Crippen molar-refractivity contribution >= 4 is 17.6 Å². The van der Waals surface area contributed by atoms with Crippen LogP contribution in [0, 0.1) is 6.92 Å². The van der Waals surface area contributed by atoms with Crippen molar-refractivity contribution in [3.8, 4) is 5.75 Å². The first-order valence-corrected chi connectivity index (χ1v) is 6.76. The van der Waals surface area contributed by atoms with Crippen LogP contribution in [0.3, 0.4) is 0 Å². The van der Waals surface area contributed by atoms with Crippen LogP contribution in [-0.2, 0) is 9.53 Å². The van der Waals surface area contributed by atoms with Gasteiger partial charge in [0.15, 0.2) is 6.61 Å². The molecule has 0 aliphatic carbocycles. The lowest BCUT2D eigenvalue weighted by atomic mass is 10.1. The van der Waals surface area contributed by atoms with E-state index in [2.05, 4.69) is 5.32 Å². The number of esters is 1. The molecule has 2 rings (SSSR count). The molecule has 0 aliphatic rings. The smallest absolute Gasteiger partial charge is 0.338 e. The van der Waals surface area contributed by atoms with Crippen LogP contribution in [0.5, 0.6) is 5.75 Å². The lowest BCUT2D eigenvalue weighted by Gasteiger charge is -2.08. The standard InChI is InChI=1S/C17H17NO4/c1-12-6-8-13(9-7-12)17(20)22-11-16(19)18-14-4-3-5-15(10-14)21-2/h3-10H,11H2,1-2H3,(H,18,19). The van der Waals surface area contributed by atoms with Crippen molar-refractivity contribution in [2.24, 2.45) is 0 Å². The average molecular weight is 299 g/mol. The molecule has 1 amide bonds. The minimum Gasteiger partial charge on any atom is -0.497 e. The average Bonchev–Trinajstić information content (AvgIpc) is 2.53. The van der Waals surface area contributed by atoms with Crippen molar-refractivity contribution in [3.63, 3.8) is 0 Å². The summed E-state index contributed by atoms with van der Waals surface area (Å²) in [6.45, 7) is 1.58. The van der Waals surface area contributed by atoms with Gasteiger partial charge in [-0.1, -0.05) is 23.8 Å². The number of nitrogens with one attached hydrogen (secondary N) is 1. The van der Waals surface area contributed by atoms with E-state index in [4.69, 9.17) is 9.47 Å². The Hall–Kier alpha value is -2.82. The van der Waals surface area contributed by atoms with E-state index in [1.54, 1.807) is 43.5 Å². The molecule has 0 radical (unpaired) electrons. The maximum Gasteiger partial charge on any atom is 0.338 e. The van der Waals surface area contributed by atoms with Gasteiger partial charge in [0.1, 0.15) is 5.75 Å². The number of ether oxygens (including phenoxy) is 2. The topological polar surface area (TPSA) is 64.6 Å². The Bertz CT molecular complexity index is 665. The molecule has 2 aromatic carbocycles. The van der Waals surface area contributed by atoms with Crippen LogP contribution in [-0.4, -0.2) is 25.6 Å². The predicted molar refractivity (Wildman–Crippen MR) is 83.1 cm³/mol. The molecule has 0 aliphatic heterocycles. The Kier molecular flexibility index (Phi) is 5.14. The Morgan fingerprint density at radius 3 is 2.50 bits per heavy atom. The second kappa shape index (κ2) is 7.26. The Morgan fingerprint density at radius 1 is 1.09 bits per heavy atom. The molecule has 5 heteroatoms. The fourth-order valence-corrected chi connectivity index (χ4v) is 1.80. The number of hydrogen-bond donors (Lipinski definition) is 1. The van der Waals surface area contributed by atoms with Crippen molar-refractivity contribution in [1.82, 2.24) is 0 Å². The summed E-state index contributed by atoms with van der Waals surface area (Å²) in [6.07, 6.45) is 0. The number of benzene rings is 2. The largest absolute Gasteiger partial charge is 0.497 e. The highest BCUT2D eigenvalue weighted by atomic mass is 16.5. The minimum absolute atomic E-state index is 0.343. The number of hydrogen-bond acceptors (Lipinski definition) is 4. The number of anilines is 1. The lowest BCUT2D eigenvalue weighted by molar-refractivity contribution is -0.119. The van der Waals surface area contributed by atoms with Gasteiger partial charge in [0, 0.05) is 11.8 Å². The molecule has 0 saturated carbocycles. The van der Waals surface area contributed by atoms with Gasteiger partial charge in [0.25, 0.3) is 5.91 Å². The molecule has 0 spiro atoms. The Balaban J connectivity index is 1.87. The van der Waals surface area contributed by atoms with Crippen LogP contribution in [0.1, 0.15) is 15.9 Å². The van der Waals surface area contributed by atoms with Crippen molar-refractivity contribution in [2.75, 3.05) is 19.0 Å². The molecule has 0 fully saturated rings. The van der Waals surface area contributed by atoms with Crippen LogP contribution in [0.15, 0.2) is 48.5 Å². The highest BCUT2D eigenvalue weighted by Crippen LogP contribution is 2.16. The van der Waals surface area contributed by atoms with Gasteiger partial charge in [0.05, 0.1) is 12.7 Å². The molecular formula is C17H17NO4. The summed E-state index contributed by atoms with van der Waals surface area (Å²) in [5, 5.41) is 2.64. The molecule has 1 N–H and O–H groups in total. The van der Waals surface area contributed by atoms with E-state index in [1.807, 2.05) is 19.1 Å². The van der Waals surface area contributed by atoms with E-state index in [1.165, 1.54) is 0 Å². The first-order valence-electron chi connectivity index (χ1n) is 6.76. The first-order chi connectivity index (χ1) is 10.6. The fourth-order valence-electron chi connectivity index (χ4n) is 1.80. The summed E-state index contributed by atoms with van der Waals surface area (Å²) in [6, 6.07) is 13.9. The number of amides is 1. The molecule has 0 unspecified atom stereocenters. The van der Waals surface area contributed by atoms with Gasteiger partial charge in [-0.15, -0.1) is 0 Å². The van der Waals surface area contributed by atoms with Gasteiger partial charge in [-0.3, -0.25) is 4.79 Å². The first kappa shape index (κ1) is 15.6. The van der Waals surface area contributed by atoms with Crippen LogP contribution in [0.4, 0.5) is 5.69 Å². The maximum absolute atomic E-state index is 11.8. The molecule has 22 heavy (non-hydrogen) atoms. The zero-order valence-electron chi connectivity index (χ0n) is 12.5. The third kappa shape index (κ3) is 4.34. The van der Waals surface area contributed by atoms with Gasteiger partial charge in [-0.05, 0) is 31.2 Å². The van der Waals surface area contributed by atoms with Gasteiger partial charge < -0.3 is 14.8 Å². The summed E-state index contributed by atoms with van der Waals surface area (Å²) in [4.78, 5) is 23.6. The molecule has 2 aromatic rings. The molecule has 0 heterocycles. The summed E-state index contributed by atoms with van der Waals surface area (Å²) >= 11 is 0.